The molecular formula is C10H14N4. The molecule has 2 unspecified atom stereocenters. The third-order valence-corrected chi connectivity index (χ3v) is 3.28. The summed E-state index contributed by atoms with van der Waals surface area (Å²) in [5.74, 6) is 2.73. The van der Waals surface area contributed by atoms with Gasteiger partial charge >= 0.3 is 0 Å². The van der Waals surface area contributed by atoms with Gasteiger partial charge in [-0.05, 0) is 17.9 Å². The predicted octanol–water partition coefficient (Wildman–Crippen LogP) is 0.132. The molecule has 1 N–H and O–H groups in total. The molecule has 3 heterocycles. The molecule has 14 heavy (non-hydrogen) atoms. The first-order chi connectivity index (χ1) is 6.93. The molecule has 0 aromatic carbocycles. The molecule has 4 nitrogen and oxygen atoms in total. The van der Waals surface area contributed by atoms with Gasteiger partial charge in [-0.25, -0.2) is 9.97 Å². The molecule has 2 aliphatic heterocycles. The van der Waals surface area contributed by atoms with Crippen LogP contribution in [-0.4, -0.2) is 36.1 Å². The van der Waals surface area contributed by atoms with E-state index in [2.05, 4.69) is 20.2 Å². The topological polar surface area (TPSA) is 41.0 Å². The zero-order valence-corrected chi connectivity index (χ0v) is 8.06. The number of anilines is 1. The molecule has 3 rings (SSSR count). The smallest absolute Gasteiger partial charge is 0.131 e. The van der Waals surface area contributed by atoms with Gasteiger partial charge in [0.25, 0.3) is 0 Å². The number of aromatic nitrogens is 2. The number of hydrogen-bond donors (Lipinski definition) is 1. The van der Waals surface area contributed by atoms with Crippen LogP contribution in [0.1, 0.15) is 0 Å². The van der Waals surface area contributed by atoms with Crippen LogP contribution in [0.15, 0.2) is 18.6 Å². The van der Waals surface area contributed by atoms with E-state index in [1.807, 2.05) is 12.3 Å². The molecule has 2 saturated heterocycles. The van der Waals surface area contributed by atoms with Gasteiger partial charge in [0.2, 0.25) is 0 Å². The van der Waals surface area contributed by atoms with Crippen LogP contribution in [0.25, 0.3) is 0 Å². The Morgan fingerprint density at radius 1 is 1.29 bits per heavy atom. The van der Waals surface area contributed by atoms with Crippen LogP contribution in [-0.2, 0) is 0 Å². The van der Waals surface area contributed by atoms with Crippen LogP contribution in [0.5, 0.6) is 0 Å². The SMILES string of the molecule is c1cc(N2CC3CNCC3C2)ncn1. The minimum absolute atomic E-state index is 0.824. The van der Waals surface area contributed by atoms with Gasteiger partial charge in [-0.1, -0.05) is 0 Å². The van der Waals surface area contributed by atoms with E-state index in [9.17, 15) is 0 Å². The van der Waals surface area contributed by atoms with Crippen LogP contribution in [0.2, 0.25) is 0 Å². The highest BCUT2D eigenvalue weighted by Gasteiger charge is 2.36. The highest BCUT2D eigenvalue weighted by Crippen LogP contribution is 2.28. The Morgan fingerprint density at radius 3 is 2.71 bits per heavy atom. The Kier molecular flexibility index (Phi) is 1.87. The van der Waals surface area contributed by atoms with Crippen LogP contribution in [0, 0.1) is 11.8 Å². The van der Waals surface area contributed by atoms with Crippen LogP contribution in [0.4, 0.5) is 5.82 Å². The summed E-state index contributed by atoms with van der Waals surface area (Å²) in [7, 11) is 0. The summed E-state index contributed by atoms with van der Waals surface area (Å²) in [6, 6.07) is 1.99. The lowest BCUT2D eigenvalue weighted by molar-refractivity contribution is 0.533. The molecule has 0 radical (unpaired) electrons. The molecule has 1 aromatic heterocycles. The molecule has 0 spiro atoms. The van der Waals surface area contributed by atoms with Crippen molar-refractivity contribution in [3.8, 4) is 0 Å². The maximum atomic E-state index is 4.28. The summed E-state index contributed by atoms with van der Waals surface area (Å²) < 4.78 is 0. The Balaban J connectivity index is 1.77. The van der Waals surface area contributed by atoms with Gasteiger partial charge in [0.05, 0.1) is 0 Å². The Hall–Kier alpha value is -1.16. The molecule has 2 aliphatic rings. The Morgan fingerprint density at radius 2 is 2.07 bits per heavy atom. The van der Waals surface area contributed by atoms with Crippen molar-refractivity contribution in [1.29, 1.82) is 0 Å². The fourth-order valence-corrected chi connectivity index (χ4v) is 2.51. The van der Waals surface area contributed by atoms with Gasteiger partial charge in [-0.2, -0.15) is 0 Å². The van der Waals surface area contributed by atoms with Gasteiger partial charge in [-0.15, -0.1) is 0 Å². The first kappa shape index (κ1) is 8.17. The second-order valence-corrected chi connectivity index (χ2v) is 4.15. The van der Waals surface area contributed by atoms with Crippen LogP contribution >= 0.6 is 0 Å². The average Bonchev–Trinajstić information content (AvgIpc) is 2.78. The van der Waals surface area contributed by atoms with Crippen molar-refractivity contribution in [2.24, 2.45) is 11.8 Å². The molecule has 0 saturated carbocycles. The molecule has 0 amide bonds. The third-order valence-electron chi connectivity index (χ3n) is 3.28. The second-order valence-electron chi connectivity index (χ2n) is 4.15. The Bertz CT molecular complexity index is 301. The van der Waals surface area contributed by atoms with Crippen molar-refractivity contribution in [2.75, 3.05) is 31.1 Å². The summed E-state index contributed by atoms with van der Waals surface area (Å²) in [6.07, 6.45) is 3.44. The third kappa shape index (κ3) is 1.26. The van der Waals surface area contributed by atoms with Crippen molar-refractivity contribution in [3.63, 3.8) is 0 Å². The highest BCUT2D eigenvalue weighted by molar-refractivity contribution is 5.38. The van der Waals surface area contributed by atoms with Gasteiger partial charge in [0, 0.05) is 32.4 Å². The van der Waals surface area contributed by atoms with Crippen molar-refractivity contribution >= 4 is 5.82 Å². The molecule has 4 heteroatoms. The van der Waals surface area contributed by atoms with E-state index in [-0.39, 0.29) is 0 Å². The first-order valence-corrected chi connectivity index (χ1v) is 5.15. The average molecular weight is 190 g/mol. The van der Waals surface area contributed by atoms with Gasteiger partial charge in [0.15, 0.2) is 0 Å². The van der Waals surface area contributed by atoms with Crippen LogP contribution < -0.4 is 10.2 Å². The van der Waals surface area contributed by atoms with Crippen molar-refractivity contribution in [1.82, 2.24) is 15.3 Å². The molecule has 1 aromatic rings. The monoisotopic (exact) mass is 190 g/mol. The predicted molar refractivity (Wildman–Crippen MR) is 54.1 cm³/mol. The summed E-state index contributed by atoms with van der Waals surface area (Å²) in [5, 5.41) is 3.44. The van der Waals surface area contributed by atoms with E-state index in [0.717, 1.165) is 30.7 Å². The fourth-order valence-electron chi connectivity index (χ4n) is 2.51. The maximum Gasteiger partial charge on any atom is 0.131 e. The molecule has 74 valence electrons. The second kappa shape index (κ2) is 3.20. The summed E-state index contributed by atoms with van der Waals surface area (Å²) in [4.78, 5) is 10.6. The first-order valence-electron chi connectivity index (χ1n) is 5.15. The van der Waals surface area contributed by atoms with Crippen molar-refractivity contribution < 1.29 is 0 Å². The minimum atomic E-state index is 0.824. The van der Waals surface area contributed by atoms with E-state index in [1.165, 1.54) is 13.1 Å². The quantitative estimate of drug-likeness (QED) is 0.683. The lowest BCUT2D eigenvalue weighted by Gasteiger charge is -2.17. The number of nitrogens with one attached hydrogen (secondary N) is 1. The fraction of sp³-hybridized carbons (Fsp3) is 0.600. The molecule has 0 bridgehead atoms. The number of rotatable bonds is 1. The highest BCUT2D eigenvalue weighted by atomic mass is 15.2. The number of fused-ring (bicyclic) bond motifs is 1. The van der Waals surface area contributed by atoms with E-state index >= 15 is 0 Å². The van der Waals surface area contributed by atoms with E-state index < -0.39 is 0 Å². The van der Waals surface area contributed by atoms with Gasteiger partial charge in [0.1, 0.15) is 12.1 Å². The van der Waals surface area contributed by atoms with Crippen molar-refractivity contribution in [3.05, 3.63) is 18.6 Å². The van der Waals surface area contributed by atoms with Gasteiger partial charge < -0.3 is 10.2 Å². The molecule has 2 fully saturated rings. The van der Waals surface area contributed by atoms with E-state index in [1.54, 1.807) is 6.33 Å². The molecule has 0 aliphatic carbocycles. The van der Waals surface area contributed by atoms with Crippen molar-refractivity contribution in [2.45, 2.75) is 0 Å². The number of nitrogens with zero attached hydrogens (tertiary/aromatic N) is 3. The minimum Gasteiger partial charge on any atom is -0.356 e. The molecular weight excluding hydrogens is 176 g/mol. The van der Waals surface area contributed by atoms with Crippen LogP contribution in [0.3, 0.4) is 0 Å². The molecule has 2 atom stereocenters. The zero-order valence-electron chi connectivity index (χ0n) is 8.06. The largest absolute Gasteiger partial charge is 0.356 e. The summed E-state index contributed by atoms with van der Waals surface area (Å²) >= 11 is 0. The maximum absolute atomic E-state index is 4.28. The standard InChI is InChI=1S/C10H14N4/c1-2-11-7-13-10(1)14-5-8-3-12-4-9(8)6-14/h1-2,7-9,12H,3-6H2. The van der Waals surface area contributed by atoms with E-state index in [0.29, 0.717) is 0 Å². The lowest BCUT2D eigenvalue weighted by atomic mass is 10.0. The Labute approximate surface area is 83.4 Å². The zero-order chi connectivity index (χ0) is 9.38. The number of hydrogen-bond acceptors (Lipinski definition) is 4. The lowest BCUT2D eigenvalue weighted by Crippen LogP contribution is -2.26. The van der Waals surface area contributed by atoms with Gasteiger partial charge in [-0.3, -0.25) is 0 Å². The normalized spacial score (nSPS) is 30.7. The summed E-state index contributed by atoms with van der Waals surface area (Å²) in [6.45, 7) is 4.64. The summed E-state index contributed by atoms with van der Waals surface area (Å²) in [5.41, 5.74) is 0. The van der Waals surface area contributed by atoms with E-state index in [4.69, 9.17) is 0 Å².